The molecule has 108 valence electrons. The van der Waals surface area contributed by atoms with Gasteiger partial charge in [-0.25, -0.2) is 0 Å². The van der Waals surface area contributed by atoms with Gasteiger partial charge in [0.05, 0.1) is 10.5 Å². The Bertz CT molecular complexity index is 694. The van der Waals surface area contributed by atoms with E-state index in [2.05, 4.69) is 0 Å². The van der Waals surface area contributed by atoms with E-state index in [1.165, 1.54) is 25.1 Å². The van der Waals surface area contributed by atoms with E-state index in [-0.39, 0.29) is 17.0 Å². The van der Waals surface area contributed by atoms with Gasteiger partial charge in [0.1, 0.15) is 11.5 Å². The van der Waals surface area contributed by atoms with Crippen molar-refractivity contribution in [1.82, 2.24) is 0 Å². The van der Waals surface area contributed by atoms with E-state index in [1.807, 2.05) is 31.2 Å². The van der Waals surface area contributed by atoms with Crippen LogP contribution >= 0.6 is 0 Å². The number of rotatable bonds is 5. The van der Waals surface area contributed by atoms with Crippen molar-refractivity contribution in [2.24, 2.45) is 0 Å². The first-order valence-corrected chi connectivity index (χ1v) is 6.58. The van der Waals surface area contributed by atoms with Crippen LogP contribution < -0.4 is 4.74 Å². The second-order valence-electron chi connectivity index (χ2n) is 4.56. The molecule has 2 aromatic rings. The molecule has 0 atom stereocenters. The maximum Gasteiger partial charge on any atom is 0.270 e. The topological polar surface area (TPSA) is 69.4 Å². The van der Waals surface area contributed by atoms with Gasteiger partial charge in [-0.3, -0.25) is 14.9 Å². The van der Waals surface area contributed by atoms with Crippen LogP contribution in [0.4, 0.5) is 5.69 Å². The van der Waals surface area contributed by atoms with E-state index in [1.54, 1.807) is 0 Å². The van der Waals surface area contributed by atoms with Gasteiger partial charge in [-0.1, -0.05) is 25.1 Å². The smallest absolute Gasteiger partial charge is 0.270 e. The molecule has 0 saturated heterocycles. The van der Waals surface area contributed by atoms with Crippen LogP contribution in [0, 0.1) is 10.1 Å². The van der Waals surface area contributed by atoms with E-state index in [9.17, 15) is 14.9 Å². The Morgan fingerprint density at radius 2 is 1.90 bits per heavy atom. The maximum absolute atomic E-state index is 11.7. The number of nitro benzene ring substituents is 1. The number of non-ortho nitro benzene ring substituents is 1. The number of hydrogen-bond donors (Lipinski definition) is 0. The highest BCUT2D eigenvalue weighted by Crippen LogP contribution is 2.31. The molecule has 0 fully saturated rings. The average Bonchev–Trinajstić information content (AvgIpc) is 2.47. The molecule has 2 rings (SSSR count). The molecule has 0 unspecified atom stereocenters. The van der Waals surface area contributed by atoms with Crippen molar-refractivity contribution in [3.63, 3.8) is 0 Å². The van der Waals surface area contributed by atoms with Crippen molar-refractivity contribution in [2.45, 2.75) is 20.3 Å². The van der Waals surface area contributed by atoms with Crippen LogP contribution in [0.2, 0.25) is 0 Å². The number of hydrogen-bond acceptors (Lipinski definition) is 4. The zero-order valence-electron chi connectivity index (χ0n) is 11.8. The molecule has 0 spiro atoms. The van der Waals surface area contributed by atoms with Gasteiger partial charge in [0.25, 0.3) is 5.69 Å². The average molecular weight is 285 g/mol. The number of nitrogens with zero attached hydrogens (tertiary/aromatic N) is 1. The lowest BCUT2D eigenvalue weighted by Crippen LogP contribution is -2.00. The molecule has 5 heteroatoms. The van der Waals surface area contributed by atoms with Gasteiger partial charge >= 0.3 is 0 Å². The monoisotopic (exact) mass is 285 g/mol. The van der Waals surface area contributed by atoms with Crippen molar-refractivity contribution in [3.05, 3.63) is 63.7 Å². The summed E-state index contributed by atoms with van der Waals surface area (Å²) in [5.41, 5.74) is 1.08. The van der Waals surface area contributed by atoms with Crippen LogP contribution in [-0.2, 0) is 6.42 Å². The SMILES string of the molecule is CCc1ccccc1Oc1ccc([N+](=O)[O-])cc1C(C)=O. The van der Waals surface area contributed by atoms with E-state index in [4.69, 9.17) is 4.74 Å². The van der Waals surface area contributed by atoms with Crippen molar-refractivity contribution >= 4 is 11.5 Å². The number of para-hydroxylation sites is 1. The molecule has 0 heterocycles. The predicted octanol–water partition coefficient (Wildman–Crippen LogP) is 4.15. The van der Waals surface area contributed by atoms with Crippen LogP contribution in [0.1, 0.15) is 29.8 Å². The van der Waals surface area contributed by atoms with E-state index < -0.39 is 4.92 Å². The molecule has 0 amide bonds. The molecule has 5 nitrogen and oxygen atoms in total. The second-order valence-corrected chi connectivity index (χ2v) is 4.56. The zero-order valence-corrected chi connectivity index (χ0v) is 11.8. The van der Waals surface area contributed by atoms with Crippen molar-refractivity contribution < 1.29 is 14.5 Å². The minimum absolute atomic E-state index is 0.128. The molecule has 0 N–H and O–H groups in total. The van der Waals surface area contributed by atoms with Crippen LogP contribution in [0.25, 0.3) is 0 Å². The lowest BCUT2D eigenvalue weighted by atomic mass is 10.1. The Balaban J connectivity index is 2.44. The summed E-state index contributed by atoms with van der Waals surface area (Å²) in [6.45, 7) is 3.36. The third kappa shape index (κ3) is 3.25. The molecule has 0 bridgehead atoms. The highest BCUT2D eigenvalue weighted by Gasteiger charge is 2.16. The Hall–Kier alpha value is -2.69. The van der Waals surface area contributed by atoms with Gasteiger partial charge in [0.2, 0.25) is 0 Å². The van der Waals surface area contributed by atoms with Crippen LogP contribution in [-0.4, -0.2) is 10.7 Å². The number of ketones is 1. The Morgan fingerprint density at radius 1 is 1.19 bits per heavy atom. The fourth-order valence-corrected chi connectivity index (χ4v) is 2.01. The van der Waals surface area contributed by atoms with Gasteiger partial charge in [-0.15, -0.1) is 0 Å². The fourth-order valence-electron chi connectivity index (χ4n) is 2.01. The van der Waals surface area contributed by atoms with Crippen molar-refractivity contribution in [3.8, 4) is 11.5 Å². The maximum atomic E-state index is 11.7. The first-order chi connectivity index (χ1) is 10.0. The van der Waals surface area contributed by atoms with Crippen LogP contribution in [0.5, 0.6) is 11.5 Å². The summed E-state index contributed by atoms with van der Waals surface area (Å²) in [4.78, 5) is 22.0. The standard InChI is InChI=1S/C16H15NO4/c1-3-12-6-4-5-7-15(12)21-16-9-8-13(17(19)20)10-14(16)11(2)18/h4-10H,3H2,1-2H3. The van der Waals surface area contributed by atoms with Crippen LogP contribution in [0.3, 0.4) is 0 Å². The lowest BCUT2D eigenvalue weighted by Gasteiger charge is -2.12. The predicted molar refractivity (Wildman–Crippen MR) is 79.0 cm³/mol. The zero-order chi connectivity index (χ0) is 15.4. The minimum atomic E-state index is -0.532. The lowest BCUT2D eigenvalue weighted by molar-refractivity contribution is -0.384. The largest absolute Gasteiger partial charge is 0.456 e. The molecule has 2 aromatic carbocycles. The summed E-state index contributed by atoms with van der Waals surface area (Å²) in [7, 11) is 0. The number of carbonyl (C=O) groups excluding carboxylic acids is 1. The number of Topliss-reactive ketones (excluding diaryl/α,β-unsaturated/α-hetero) is 1. The molecule has 21 heavy (non-hydrogen) atoms. The second kappa shape index (κ2) is 6.17. The third-order valence-corrected chi connectivity index (χ3v) is 3.13. The van der Waals surface area contributed by atoms with E-state index >= 15 is 0 Å². The Kier molecular flexibility index (Phi) is 4.33. The van der Waals surface area contributed by atoms with Crippen molar-refractivity contribution in [1.29, 1.82) is 0 Å². The van der Waals surface area contributed by atoms with Gasteiger partial charge < -0.3 is 4.74 Å². The van der Waals surface area contributed by atoms with Crippen LogP contribution in [0.15, 0.2) is 42.5 Å². The number of ether oxygens (including phenoxy) is 1. The Labute approximate surface area is 122 Å². The van der Waals surface area contributed by atoms with Gasteiger partial charge in [0.15, 0.2) is 5.78 Å². The van der Waals surface area contributed by atoms with E-state index in [0.717, 1.165) is 12.0 Å². The van der Waals surface area contributed by atoms with Gasteiger partial charge in [-0.2, -0.15) is 0 Å². The molecule has 0 aliphatic rings. The highest BCUT2D eigenvalue weighted by atomic mass is 16.6. The molecule has 0 saturated carbocycles. The van der Waals surface area contributed by atoms with Crippen molar-refractivity contribution in [2.75, 3.05) is 0 Å². The summed E-state index contributed by atoms with van der Waals surface area (Å²) in [6, 6.07) is 11.5. The summed E-state index contributed by atoms with van der Waals surface area (Å²) >= 11 is 0. The molecular weight excluding hydrogens is 270 g/mol. The highest BCUT2D eigenvalue weighted by molar-refractivity contribution is 5.97. The number of carbonyl (C=O) groups is 1. The summed E-state index contributed by atoms with van der Waals surface area (Å²) in [5.74, 6) is 0.702. The molecule has 0 aromatic heterocycles. The first-order valence-electron chi connectivity index (χ1n) is 6.58. The first kappa shape index (κ1) is 14.7. The molecule has 0 aliphatic heterocycles. The number of aryl methyl sites for hydroxylation is 1. The van der Waals surface area contributed by atoms with E-state index in [0.29, 0.717) is 11.5 Å². The normalized spacial score (nSPS) is 10.2. The number of benzene rings is 2. The number of nitro groups is 1. The summed E-state index contributed by atoms with van der Waals surface area (Å²) in [6.07, 6.45) is 0.790. The molecule has 0 radical (unpaired) electrons. The molecule has 0 aliphatic carbocycles. The minimum Gasteiger partial charge on any atom is -0.456 e. The molecular formula is C16H15NO4. The summed E-state index contributed by atoms with van der Waals surface area (Å²) < 4.78 is 5.78. The summed E-state index contributed by atoms with van der Waals surface area (Å²) in [5, 5.41) is 10.8. The quantitative estimate of drug-likeness (QED) is 0.470. The van der Waals surface area contributed by atoms with Gasteiger partial charge in [-0.05, 0) is 31.0 Å². The van der Waals surface area contributed by atoms with Gasteiger partial charge in [0, 0.05) is 12.1 Å². The third-order valence-electron chi connectivity index (χ3n) is 3.13. The Morgan fingerprint density at radius 3 is 2.52 bits per heavy atom. The fraction of sp³-hybridized carbons (Fsp3) is 0.188.